The molecule has 0 saturated heterocycles. The van der Waals surface area contributed by atoms with Crippen LogP contribution >= 0.6 is 11.3 Å². The molecule has 11 nitrogen and oxygen atoms in total. The summed E-state index contributed by atoms with van der Waals surface area (Å²) in [4.78, 5) is 28.1. The highest BCUT2D eigenvalue weighted by Crippen LogP contribution is 2.68. The number of carbonyl (C=O) groups is 1. The summed E-state index contributed by atoms with van der Waals surface area (Å²) in [5, 5.41) is 33.0. The van der Waals surface area contributed by atoms with Crippen molar-refractivity contribution in [3.63, 3.8) is 0 Å². The maximum atomic E-state index is 12.3. The van der Waals surface area contributed by atoms with E-state index in [1.807, 2.05) is 19.1 Å². The SMILES string of the molecule is CNc1nc(-n2cc(-c3ccc(C)s3)nn2)nc2c1ncn2[C@@H]1C2C[C@@]2(C(C)=O)C(O)[C@H]1O. The third-order valence-corrected chi connectivity index (χ3v) is 8.01. The minimum atomic E-state index is -1.11. The zero-order chi connectivity index (χ0) is 23.1. The van der Waals surface area contributed by atoms with Crippen molar-refractivity contribution in [3.8, 4) is 16.5 Å². The van der Waals surface area contributed by atoms with Gasteiger partial charge in [0.2, 0.25) is 0 Å². The van der Waals surface area contributed by atoms with Crippen molar-refractivity contribution >= 4 is 34.1 Å². The molecule has 4 aromatic rings. The normalized spacial score (nSPS) is 28.3. The lowest BCUT2D eigenvalue weighted by atomic mass is 9.95. The standard InChI is InChI=1S/C21H22N8O3S/c1-9-4-5-13(33-9)12-7-29(27-26-12)20-24-18(22-3)14-19(25-20)28(8-23-14)15-11-6-21(11,10(2)30)17(32)16(15)31/h4-5,7-8,11,15-17,31-32H,6H2,1-3H3,(H,22,24,25)/t11?,15-,16+,17?,21+/m1/s1. The predicted octanol–water partition coefficient (Wildman–Crippen LogP) is 1.36. The van der Waals surface area contributed by atoms with Crippen LogP contribution in [0.15, 0.2) is 24.7 Å². The minimum absolute atomic E-state index is 0.101. The van der Waals surface area contributed by atoms with Gasteiger partial charge in [0.1, 0.15) is 17.6 Å². The van der Waals surface area contributed by atoms with Crippen LogP contribution in [0.3, 0.4) is 0 Å². The highest BCUT2D eigenvalue weighted by atomic mass is 32.1. The fourth-order valence-corrected chi connectivity index (χ4v) is 6.04. The summed E-state index contributed by atoms with van der Waals surface area (Å²) in [6, 6.07) is 3.51. The molecule has 33 heavy (non-hydrogen) atoms. The fraction of sp³-hybridized carbons (Fsp3) is 0.429. The van der Waals surface area contributed by atoms with Crippen LogP contribution in [0, 0.1) is 18.3 Å². The first-order valence-electron chi connectivity index (χ1n) is 10.6. The molecule has 4 heterocycles. The van der Waals surface area contributed by atoms with Crippen molar-refractivity contribution in [1.82, 2.24) is 34.5 Å². The van der Waals surface area contributed by atoms with Gasteiger partial charge in [0, 0.05) is 11.9 Å². The van der Waals surface area contributed by atoms with Gasteiger partial charge >= 0.3 is 0 Å². The third-order valence-electron chi connectivity index (χ3n) is 6.99. The summed E-state index contributed by atoms with van der Waals surface area (Å²) >= 11 is 1.63. The van der Waals surface area contributed by atoms with Crippen LogP contribution in [0.5, 0.6) is 0 Å². The van der Waals surface area contributed by atoms with Crippen molar-refractivity contribution in [2.24, 2.45) is 11.3 Å². The quantitative estimate of drug-likeness (QED) is 0.397. The Labute approximate surface area is 192 Å². The van der Waals surface area contributed by atoms with Gasteiger partial charge in [-0.1, -0.05) is 5.21 Å². The van der Waals surface area contributed by atoms with Gasteiger partial charge in [-0.25, -0.2) is 4.98 Å². The van der Waals surface area contributed by atoms with Crippen molar-refractivity contribution in [2.45, 2.75) is 38.5 Å². The van der Waals surface area contributed by atoms with E-state index >= 15 is 0 Å². The van der Waals surface area contributed by atoms with E-state index in [1.54, 1.807) is 35.5 Å². The number of nitrogens with zero attached hydrogens (tertiary/aromatic N) is 7. The molecule has 2 aliphatic rings. The van der Waals surface area contributed by atoms with Crippen molar-refractivity contribution in [3.05, 3.63) is 29.5 Å². The van der Waals surface area contributed by atoms with Gasteiger partial charge in [-0.2, -0.15) is 14.6 Å². The van der Waals surface area contributed by atoms with E-state index in [-0.39, 0.29) is 11.7 Å². The van der Waals surface area contributed by atoms with Crippen molar-refractivity contribution in [1.29, 1.82) is 0 Å². The average molecular weight is 467 g/mol. The number of aliphatic hydroxyl groups is 2. The molecule has 2 saturated carbocycles. The van der Waals surface area contributed by atoms with E-state index in [4.69, 9.17) is 0 Å². The Bertz CT molecular complexity index is 1410. The van der Waals surface area contributed by atoms with E-state index in [0.29, 0.717) is 29.4 Å². The maximum absolute atomic E-state index is 12.3. The summed E-state index contributed by atoms with van der Waals surface area (Å²) in [5.41, 5.74) is 0.839. The molecular weight excluding hydrogens is 444 g/mol. The summed E-state index contributed by atoms with van der Waals surface area (Å²) in [7, 11) is 1.74. The Kier molecular flexibility index (Phi) is 4.26. The number of hydrogen-bond acceptors (Lipinski definition) is 10. The number of aromatic nitrogens is 7. The zero-order valence-electron chi connectivity index (χ0n) is 18.2. The molecule has 2 aliphatic carbocycles. The van der Waals surface area contributed by atoms with Crippen LogP contribution in [-0.2, 0) is 4.79 Å². The molecule has 170 valence electrons. The fourth-order valence-electron chi connectivity index (χ4n) is 5.22. The smallest absolute Gasteiger partial charge is 0.256 e. The lowest BCUT2D eigenvalue weighted by Crippen LogP contribution is -2.36. The minimum Gasteiger partial charge on any atom is -0.389 e. The number of hydrogen-bond donors (Lipinski definition) is 3. The number of carbonyl (C=O) groups excluding carboxylic acids is 1. The monoisotopic (exact) mass is 466 g/mol. The molecule has 5 atom stereocenters. The molecule has 0 amide bonds. The van der Waals surface area contributed by atoms with Gasteiger partial charge in [-0.05, 0) is 38.3 Å². The highest BCUT2D eigenvalue weighted by Gasteiger charge is 2.74. The van der Waals surface area contributed by atoms with E-state index in [9.17, 15) is 15.0 Å². The second-order valence-electron chi connectivity index (χ2n) is 8.74. The number of rotatable bonds is 5. The largest absolute Gasteiger partial charge is 0.389 e. The Morgan fingerprint density at radius 1 is 1.30 bits per heavy atom. The molecule has 0 spiro atoms. The Morgan fingerprint density at radius 2 is 2.12 bits per heavy atom. The first kappa shape index (κ1) is 20.4. The van der Waals surface area contributed by atoms with Crippen LogP contribution in [0.1, 0.15) is 24.3 Å². The number of anilines is 1. The molecule has 4 aromatic heterocycles. The molecule has 3 N–H and O–H groups in total. The maximum Gasteiger partial charge on any atom is 0.256 e. The molecule has 12 heteroatoms. The van der Waals surface area contributed by atoms with E-state index < -0.39 is 23.7 Å². The van der Waals surface area contributed by atoms with Crippen molar-refractivity contribution in [2.75, 3.05) is 12.4 Å². The van der Waals surface area contributed by atoms with E-state index in [0.717, 1.165) is 10.6 Å². The molecule has 0 bridgehead atoms. The Balaban J connectivity index is 1.45. The summed E-state index contributed by atoms with van der Waals surface area (Å²) in [6.07, 6.45) is 1.68. The number of thiophene rings is 1. The molecular formula is C21H22N8O3S. The first-order chi connectivity index (χ1) is 15.8. The lowest BCUT2D eigenvalue weighted by molar-refractivity contribution is -0.128. The number of imidazole rings is 1. The summed E-state index contributed by atoms with van der Waals surface area (Å²) in [5.74, 6) is 0.520. The molecule has 0 aliphatic heterocycles. The number of aliphatic hydroxyl groups excluding tert-OH is 2. The Hall–Kier alpha value is -3.22. The zero-order valence-corrected chi connectivity index (χ0v) is 19.0. The molecule has 2 unspecified atom stereocenters. The van der Waals surface area contributed by atoms with Gasteiger partial charge < -0.3 is 20.1 Å². The number of Topliss-reactive ketones (excluding diaryl/α,β-unsaturated/α-hetero) is 1. The van der Waals surface area contributed by atoms with Gasteiger partial charge in [-0.15, -0.1) is 16.4 Å². The third kappa shape index (κ3) is 2.74. The topological polar surface area (TPSA) is 144 Å². The highest BCUT2D eigenvalue weighted by molar-refractivity contribution is 7.15. The number of nitrogens with one attached hydrogen (secondary N) is 1. The van der Waals surface area contributed by atoms with Gasteiger partial charge in [0.25, 0.3) is 5.95 Å². The van der Waals surface area contributed by atoms with Crippen LogP contribution in [0.25, 0.3) is 27.7 Å². The summed E-state index contributed by atoms with van der Waals surface area (Å²) in [6.45, 7) is 3.51. The van der Waals surface area contributed by atoms with Crippen LogP contribution in [0.4, 0.5) is 5.82 Å². The predicted molar refractivity (Wildman–Crippen MR) is 120 cm³/mol. The number of aryl methyl sites for hydroxylation is 1. The van der Waals surface area contributed by atoms with Crippen molar-refractivity contribution < 1.29 is 15.0 Å². The van der Waals surface area contributed by atoms with Gasteiger partial charge in [-0.3, -0.25) is 4.79 Å². The van der Waals surface area contributed by atoms with Crippen LogP contribution in [0.2, 0.25) is 0 Å². The molecule has 0 aromatic carbocycles. The number of fused-ring (bicyclic) bond motifs is 2. The second-order valence-corrected chi connectivity index (χ2v) is 10.0. The first-order valence-corrected chi connectivity index (χ1v) is 11.5. The molecule has 0 radical (unpaired) electrons. The Morgan fingerprint density at radius 3 is 2.79 bits per heavy atom. The van der Waals surface area contributed by atoms with Crippen LogP contribution in [-0.4, -0.2) is 69.8 Å². The molecule has 6 rings (SSSR count). The second kappa shape index (κ2) is 6.89. The average Bonchev–Trinajstić information content (AvgIpc) is 3.20. The van der Waals surface area contributed by atoms with Crippen LogP contribution < -0.4 is 5.32 Å². The molecule has 2 fully saturated rings. The van der Waals surface area contributed by atoms with E-state index in [2.05, 4.69) is 30.6 Å². The number of ketones is 1. The lowest BCUT2D eigenvalue weighted by Gasteiger charge is -2.23. The van der Waals surface area contributed by atoms with E-state index in [1.165, 1.54) is 16.5 Å². The summed E-state index contributed by atoms with van der Waals surface area (Å²) < 4.78 is 3.25. The van der Waals surface area contributed by atoms with Gasteiger partial charge in [0.05, 0.1) is 35.0 Å². The van der Waals surface area contributed by atoms with Gasteiger partial charge in [0.15, 0.2) is 17.0 Å².